The van der Waals surface area contributed by atoms with E-state index in [0.717, 1.165) is 0 Å². The van der Waals surface area contributed by atoms with E-state index < -0.39 is 16.5 Å². The van der Waals surface area contributed by atoms with E-state index in [1.165, 1.54) is 18.2 Å². The number of benzene rings is 2. The Bertz CT molecular complexity index is 1390. The number of aryl methyl sites for hydroxylation is 1. The average Bonchev–Trinajstić information content (AvgIpc) is 3.11. The second kappa shape index (κ2) is 5.90. The van der Waals surface area contributed by atoms with Crippen LogP contribution < -0.4 is 0 Å². The van der Waals surface area contributed by atoms with Gasteiger partial charge in [0.05, 0.1) is 27.3 Å². The lowest BCUT2D eigenvalue weighted by atomic mass is 9.82. The minimum absolute atomic E-state index is 0.105. The van der Waals surface area contributed by atoms with Crippen molar-refractivity contribution >= 4 is 28.4 Å². The van der Waals surface area contributed by atoms with Crippen LogP contribution in [0.2, 0.25) is 0 Å². The fourth-order valence-electron chi connectivity index (χ4n) is 3.73. The zero-order chi connectivity index (χ0) is 20.3. The van der Waals surface area contributed by atoms with Gasteiger partial charge in [-0.15, -0.1) is 0 Å². The first kappa shape index (κ1) is 16.9. The van der Waals surface area contributed by atoms with Crippen molar-refractivity contribution in [3.63, 3.8) is 0 Å². The molecule has 4 aromatic rings. The fraction of sp³-hybridized carbons (Fsp3) is 0.0476. The maximum atomic E-state index is 13.1. The number of rotatable bonds is 2. The molecule has 0 amide bonds. The summed E-state index contributed by atoms with van der Waals surface area (Å²) in [5, 5.41) is 15.7. The summed E-state index contributed by atoms with van der Waals surface area (Å²) in [6.45, 7) is 1.68. The SMILES string of the molecule is Cc1noc2nc3c(c(-c4cccc([N+](=O)[O-])c4)c12)C(=O)C(=O)c1ccccc1-3. The Hall–Kier alpha value is -4.20. The number of pyridine rings is 1. The van der Waals surface area contributed by atoms with Crippen LogP contribution in [0.5, 0.6) is 0 Å². The summed E-state index contributed by atoms with van der Waals surface area (Å²) >= 11 is 0. The number of carbonyl (C=O) groups excluding carboxylic acids is 2. The molecule has 1 aliphatic carbocycles. The van der Waals surface area contributed by atoms with Crippen molar-refractivity contribution in [3.05, 3.63) is 75.5 Å². The molecule has 0 N–H and O–H groups in total. The number of aromatic nitrogens is 2. The normalized spacial score (nSPS) is 12.7. The van der Waals surface area contributed by atoms with Crippen molar-refractivity contribution in [1.82, 2.24) is 10.1 Å². The smallest absolute Gasteiger partial charge is 0.270 e. The number of hydrogen-bond donors (Lipinski definition) is 0. The van der Waals surface area contributed by atoms with Crippen molar-refractivity contribution in [2.24, 2.45) is 0 Å². The molecule has 0 aliphatic heterocycles. The molecule has 0 saturated carbocycles. The molecule has 2 heterocycles. The monoisotopic (exact) mass is 385 g/mol. The highest BCUT2D eigenvalue weighted by Crippen LogP contribution is 2.42. The van der Waals surface area contributed by atoms with Gasteiger partial charge in [0.15, 0.2) is 0 Å². The van der Waals surface area contributed by atoms with E-state index in [1.54, 1.807) is 37.3 Å². The van der Waals surface area contributed by atoms with Crippen molar-refractivity contribution in [2.75, 3.05) is 0 Å². The zero-order valence-electron chi connectivity index (χ0n) is 15.0. The third kappa shape index (κ3) is 2.32. The largest absolute Gasteiger partial charge is 0.336 e. The first-order chi connectivity index (χ1) is 14.0. The summed E-state index contributed by atoms with van der Waals surface area (Å²) in [4.78, 5) is 41.1. The molecule has 0 bridgehead atoms. The Balaban J connectivity index is 1.96. The molecule has 5 rings (SSSR count). The van der Waals surface area contributed by atoms with Gasteiger partial charge in [0.1, 0.15) is 0 Å². The van der Waals surface area contributed by atoms with Crippen LogP contribution in [-0.4, -0.2) is 26.6 Å². The predicted octanol–water partition coefficient (Wildman–Crippen LogP) is 4.15. The third-order valence-corrected chi connectivity index (χ3v) is 5.00. The van der Waals surface area contributed by atoms with E-state index in [9.17, 15) is 19.7 Å². The van der Waals surface area contributed by atoms with Gasteiger partial charge in [-0.3, -0.25) is 19.7 Å². The van der Waals surface area contributed by atoms with Crippen molar-refractivity contribution in [1.29, 1.82) is 0 Å². The summed E-state index contributed by atoms with van der Waals surface area (Å²) in [5.41, 5.74) is 2.48. The van der Waals surface area contributed by atoms with E-state index in [0.29, 0.717) is 33.5 Å². The number of Topliss-reactive ketones (excluding diaryl/α,β-unsaturated/α-hetero) is 2. The third-order valence-electron chi connectivity index (χ3n) is 5.00. The molecule has 0 fully saturated rings. The van der Waals surface area contributed by atoms with Gasteiger partial charge < -0.3 is 4.52 Å². The number of fused-ring (bicyclic) bond motifs is 4. The molecule has 140 valence electrons. The Labute approximate surface area is 162 Å². The number of non-ortho nitro benzene ring substituents is 1. The van der Waals surface area contributed by atoms with Gasteiger partial charge in [0, 0.05) is 28.8 Å². The van der Waals surface area contributed by atoms with Crippen molar-refractivity contribution in [3.8, 4) is 22.4 Å². The van der Waals surface area contributed by atoms with E-state index in [-0.39, 0.29) is 22.5 Å². The second-order valence-electron chi connectivity index (χ2n) is 6.67. The van der Waals surface area contributed by atoms with Crippen molar-refractivity contribution in [2.45, 2.75) is 6.92 Å². The van der Waals surface area contributed by atoms with Crippen LogP contribution >= 0.6 is 0 Å². The van der Waals surface area contributed by atoms with Crippen LogP contribution in [0.25, 0.3) is 33.5 Å². The van der Waals surface area contributed by atoms with Crippen molar-refractivity contribution < 1.29 is 19.0 Å². The van der Waals surface area contributed by atoms with Gasteiger partial charge in [0.2, 0.25) is 11.6 Å². The molecule has 2 aromatic carbocycles. The first-order valence-electron chi connectivity index (χ1n) is 8.70. The van der Waals surface area contributed by atoms with E-state index in [4.69, 9.17) is 4.52 Å². The van der Waals surface area contributed by atoms with Gasteiger partial charge in [-0.2, -0.15) is 0 Å². The average molecular weight is 385 g/mol. The molecule has 0 spiro atoms. The second-order valence-corrected chi connectivity index (χ2v) is 6.67. The topological polar surface area (TPSA) is 116 Å². The number of nitro groups is 1. The molecule has 0 saturated heterocycles. The Morgan fingerprint density at radius 1 is 0.966 bits per heavy atom. The molecule has 0 atom stereocenters. The lowest BCUT2D eigenvalue weighted by Gasteiger charge is -2.20. The van der Waals surface area contributed by atoms with Crippen LogP contribution in [0.15, 0.2) is 53.1 Å². The van der Waals surface area contributed by atoms with E-state index >= 15 is 0 Å². The Morgan fingerprint density at radius 2 is 1.72 bits per heavy atom. The molecular weight excluding hydrogens is 374 g/mol. The van der Waals surface area contributed by atoms with Gasteiger partial charge in [-0.25, -0.2) is 4.98 Å². The molecular formula is C21H11N3O5. The number of ketones is 2. The van der Waals surface area contributed by atoms with Crippen LogP contribution in [0.1, 0.15) is 26.4 Å². The maximum Gasteiger partial charge on any atom is 0.270 e. The number of nitro benzene ring substituents is 1. The van der Waals surface area contributed by atoms with E-state index in [1.807, 2.05) is 0 Å². The lowest BCUT2D eigenvalue weighted by molar-refractivity contribution is -0.384. The molecule has 0 radical (unpaired) electrons. The van der Waals surface area contributed by atoms with Crippen LogP contribution in [0.4, 0.5) is 5.69 Å². The van der Waals surface area contributed by atoms with Gasteiger partial charge in [-0.1, -0.05) is 41.6 Å². The van der Waals surface area contributed by atoms with Crippen LogP contribution in [0, 0.1) is 17.0 Å². The maximum absolute atomic E-state index is 13.1. The summed E-state index contributed by atoms with van der Waals surface area (Å²) in [6.07, 6.45) is 0. The highest BCUT2D eigenvalue weighted by Gasteiger charge is 2.36. The van der Waals surface area contributed by atoms with Gasteiger partial charge >= 0.3 is 0 Å². The quantitative estimate of drug-likeness (QED) is 0.289. The summed E-state index contributed by atoms with van der Waals surface area (Å²) < 4.78 is 5.34. The van der Waals surface area contributed by atoms with Gasteiger partial charge in [0.25, 0.3) is 11.4 Å². The minimum atomic E-state index is -0.713. The lowest BCUT2D eigenvalue weighted by Crippen LogP contribution is -2.23. The number of hydrogen-bond acceptors (Lipinski definition) is 7. The molecule has 29 heavy (non-hydrogen) atoms. The fourth-order valence-corrected chi connectivity index (χ4v) is 3.73. The number of nitrogens with zero attached hydrogens (tertiary/aromatic N) is 3. The molecule has 1 aliphatic rings. The summed E-state index contributed by atoms with van der Waals surface area (Å²) in [6, 6.07) is 12.6. The van der Waals surface area contributed by atoms with E-state index in [2.05, 4.69) is 10.1 Å². The summed E-state index contributed by atoms with van der Waals surface area (Å²) in [5.74, 6) is -1.36. The minimum Gasteiger partial charge on any atom is -0.336 e. The zero-order valence-corrected chi connectivity index (χ0v) is 15.0. The Morgan fingerprint density at radius 3 is 2.48 bits per heavy atom. The number of carbonyl (C=O) groups is 2. The molecule has 8 heteroatoms. The van der Waals surface area contributed by atoms with Crippen LogP contribution in [0.3, 0.4) is 0 Å². The Kier molecular flexibility index (Phi) is 3.44. The summed E-state index contributed by atoms with van der Waals surface area (Å²) in [7, 11) is 0. The first-order valence-corrected chi connectivity index (χ1v) is 8.70. The molecule has 2 aromatic heterocycles. The predicted molar refractivity (Wildman–Crippen MR) is 103 cm³/mol. The standard InChI is InChI=1S/C21H11N3O5/c1-10-15-16(11-5-4-6-12(9-11)24(27)28)17-18(22-21(15)29-23-10)13-7-2-3-8-14(13)19(25)20(17)26/h2-9H,1H3. The molecule has 8 nitrogen and oxygen atoms in total. The molecule has 0 unspecified atom stereocenters. The highest BCUT2D eigenvalue weighted by molar-refractivity contribution is 6.54. The van der Waals surface area contributed by atoms with Gasteiger partial charge in [-0.05, 0) is 12.5 Å². The highest BCUT2D eigenvalue weighted by atomic mass is 16.6. The van der Waals surface area contributed by atoms with Crippen LogP contribution in [-0.2, 0) is 0 Å².